The SMILES string of the molecule is CC(C)C(CNC(=NCC(=O)N(C)C)NCCCN1CCOCC1)N1CCOCC1. The third kappa shape index (κ3) is 9.16. The predicted octanol–water partition coefficient (Wildman–Crippen LogP) is -0.311. The molecule has 2 aliphatic heterocycles. The Balaban J connectivity index is 1.85. The van der Waals surface area contributed by atoms with E-state index in [1.54, 1.807) is 19.0 Å². The number of morpholine rings is 2. The van der Waals surface area contributed by atoms with Crippen LogP contribution < -0.4 is 10.6 Å². The lowest BCUT2D eigenvalue weighted by molar-refractivity contribution is -0.127. The number of carbonyl (C=O) groups excluding carboxylic acids is 1. The van der Waals surface area contributed by atoms with Gasteiger partial charge in [-0.05, 0) is 18.9 Å². The predicted molar refractivity (Wildman–Crippen MR) is 120 cm³/mol. The minimum Gasteiger partial charge on any atom is -0.379 e. The van der Waals surface area contributed by atoms with Crippen LogP contribution >= 0.6 is 0 Å². The summed E-state index contributed by atoms with van der Waals surface area (Å²) in [4.78, 5) is 23.0. The minimum atomic E-state index is -0.00185. The zero-order valence-electron chi connectivity index (χ0n) is 19.4. The van der Waals surface area contributed by atoms with E-state index in [1.165, 1.54) is 0 Å². The molecule has 2 saturated heterocycles. The molecule has 0 saturated carbocycles. The molecule has 0 aromatic heterocycles. The number of hydrogen-bond acceptors (Lipinski definition) is 6. The Bertz CT molecular complexity index is 517. The van der Waals surface area contributed by atoms with Crippen LogP contribution in [0.3, 0.4) is 0 Å². The number of hydrogen-bond donors (Lipinski definition) is 2. The Morgan fingerprint density at radius 2 is 1.67 bits per heavy atom. The van der Waals surface area contributed by atoms with E-state index in [4.69, 9.17) is 9.47 Å². The molecule has 2 rings (SSSR count). The van der Waals surface area contributed by atoms with Gasteiger partial charge in [-0.3, -0.25) is 14.6 Å². The fraction of sp³-hybridized carbons (Fsp3) is 0.905. The molecule has 2 aliphatic rings. The number of aliphatic imine (C=N–C) groups is 1. The Morgan fingerprint density at radius 1 is 1.03 bits per heavy atom. The molecule has 0 bridgehead atoms. The lowest BCUT2D eigenvalue weighted by atomic mass is 10.0. The van der Waals surface area contributed by atoms with Crippen LogP contribution in [-0.4, -0.2) is 125 Å². The van der Waals surface area contributed by atoms with Crippen molar-refractivity contribution in [1.82, 2.24) is 25.3 Å². The quantitative estimate of drug-likeness (QED) is 0.282. The second-order valence-electron chi connectivity index (χ2n) is 8.53. The van der Waals surface area contributed by atoms with Gasteiger partial charge in [0.2, 0.25) is 5.91 Å². The fourth-order valence-electron chi connectivity index (χ4n) is 3.69. The maximum Gasteiger partial charge on any atom is 0.243 e. The molecule has 1 atom stereocenters. The van der Waals surface area contributed by atoms with Crippen LogP contribution in [0.4, 0.5) is 0 Å². The van der Waals surface area contributed by atoms with E-state index in [1.807, 2.05) is 0 Å². The zero-order chi connectivity index (χ0) is 21.8. The molecule has 0 spiro atoms. The Morgan fingerprint density at radius 3 is 2.27 bits per heavy atom. The number of nitrogens with one attached hydrogen (secondary N) is 2. The number of ether oxygens (including phenoxy) is 2. The highest BCUT2D eigenvalue weighted by Gasteiger charge is 2.24. The molecule has 2 heterocycles. The molecule has 2 fully saturated rings. The molecule has 0 radical (unpaired) electrons. The Labute approximate surface area is 182 Å². The van der Waals surface area contributed by atoms with Gasteiger partial charge in [0, 0.05) is 59.4 Å². The molecule has 1 unspecified atom stereocenters. The van der Waals surface area contributed by atoms with Crippen molar-refractivity contribution in [2.24, 2.45) is 10.9 Å². The van der Waals surface area contributed by atoms with Crippen LogP contribution in [0.25, 0.3) is 0 Å². The summed E-state index contributed by atoms with van der Waals surface area (Å²) in [7, 11) is 3.52. The first kappa shape index (κ1) is 24.8. The first-order valence-corrected chi connectivity index (χ1v) is 11.3. The maximum atomic E-state index is 12.0. The van der Waals surface area contributed by atoms with E-state index >= 15 is 0 Å². The second kappa shape index (κ2) is 13.8. The van der Waals surface area contributed by atoms with Crippen LogP contribution in [0.5, 0.6) is 0 Å². The molecule has 0 aromatic carbocycles. The average molecular weight is 427 g/mol. The van der Waals surface area contributed by atoms with E-state index in [9.17, 15) is 4.79 Å². The van der Waals surface area contributed by atoms with Gasteiger partial charge in [-0.2, -0.15) is 0 Å². The smallest absolute Gasteiger partial charge is 0.243 e. The van der Waals surface area contributed by atoms with Crippen molar-refractivity contribution in [3.05, 3.63) is 0 Å². The van der Waals surface area contributed by atoms with Gasteiger partial charge in [0.15, 0.2) is 5.96 Å². The van der Waals surface area contributed by atoms with E-state index in [0.717, 1.165) is 78.7 Å². The van der Waals surface area contributed by atoms with Gasteiger partial charge in [0.05, 0.1) is 26.4 Å². The summed E-state index contributed by atoms with van der Waals surface area (Å²) in [6, 6.07) is 0.402. The monoisotopic (exact) mass is 426 g/mol. The highest BCUT2D eigenvalue weighted by Crippen LogP contribution is 2.12. The van der Waals surface area contributed by atoms with E-state index in [0.29, 0.717) is 17.9 Å². The molecule has 0 aromatic rings. The number of amides is 1. The number of carbonyl (C=O) groups is 1. The summed E-state index contributed by atoms with van der Waals surface area (Å²) in [5, 5.41) is 6.90. The first-order chi connectivity index (χ1) is 14.5. The highest BCUT2D eigenvalue weighted by molar-refractivity contribution is 5.84. The van der Waals surface area contributed by atoms with Crippen molar-refractivity contribution < 1.29 is 14.3 Å². The average Bonchev–Trinajstić information content (AvgIpc) is 2.75. The molecule has 174 valence electrons. The molecule has 2 N–H and O–H groups in total. The molecular weight excluding hydrogens is 384 g/mol. The molecule has 30 heavy (non-hydrogen) atoms. The van der Waals surface area contributed by atoms with E-state index < -0.39 is 0 Å². The number of rotatable bonds is 10. The summed E-state index contributed by atoms with van der Waals surface area (Å²) in [6.07, 6.45) is 1.03. The van der Waals surface area contributed by atoms with Gasteiger partial charge in [-0.15, -0.1) is 0 Å². The van der Waals surface area contributed by atoms with Crippen molar-refractivity contribution in [3.63, 3.8) is 0 Å². The van der Waals surface area contributed by atoms with Crippen LogP contribution in [0.15, 0.2) is 4.99 Å². The van der Waals surface area contributed by atoms with Crippen molar-refractivity contribution in [2.45, 2.75) is 26.3 Å². The van der Waals surface area contributed by atoms with E-state index in [-0.39, 0.29) is 12.5 Å². The minimum absolute atomic E-state index is 0.00185. The van der Waals surface area contributed by atoms with Crippen molar-refractivity contribution >= 4 is 11.9 Å². The van der Waals surface area contributed by atoms with Crippen molar-refractivity contribution in [2.75, 3.05) is 92.9 Å². The topological polar surface area (TPSA) is 81.7 Å². The standard InChI is InChI=1S/C21H42N6O3/c1-18(2)19(27-10-14-30-15-11-27)16-23-21(24-17-20(28)25(3)4)22-6-5-7-26-8-12-29-13-9-26/h18-19H,5-17H2,1-4H3,(H2,22,23,24). The highest BCUT2D eigenvalue weighted by atomic mass is 16.5. The van der Waals surface area contributed by atoms with Gasteiger partial charge in [-0.25, -0.2) is 4.99 Å². The van der Waals surface area contributed by atoms with Crippen molar-refractivity contribution in [3.8, 4) is 0 Å². The summed E-state index contributed by atoms with van der Waals surface area (Å²) in [5.74, 6) is 1.23. The number of guanidine groups is 1. The van der Waals surface area contributed by atoms with Crippen LogP contribution in [0.1, 0.15) is 20.3 Å². The molecule has 0 aliphatic carbocycles. The fourth-order valence-corrected chi connectivity index (χ4v) is 3.69. The summed E-state index contributed by atoms with van der Waals surface area (Å²) in [6.45, 7) is 14.5. The molecular formula is C21H42N6O3. The van der Waals surface area contributed by atoms with Crippen LogP contribution in [-0.2, 0) is 14.3 Å². The molecule has 9 nitrogen and oxygen atoms in total. The summed E-state index contributed by atoms with van der Waals surface area (Å²) in [5.41, 5.74) is 0. The number of likely N-dealkylation sites (N-methyl/N-ethyl adjacent to an activating group) is 1. The van der Waals surface area contributed by atoms with Gasteiger partial charge in [-0.1, -0.05) is 13.8 Å². The van der Waals surface area contributed by atoms with Gasteiger partial charge in [0.25, 0.3) is 0 Å². The van der Waals surface area contributed by atoms with Crippen molar-refractivity contribution in [1.29, 1.82) is 0 Å². The largest absolute Gasteiger partial charge is 0.379 e. The third-order valence-electron chi connectivity index (χ3n) is 5.68. The summed E-state index contributed by atoms with van der Waals surface area (Å²) >= 11 is 0. The second-order valence-corrected chi connectivity index (χ2v) is 8.53. The van der Waals surface area contributed by atoms with Gasteiger partial charge >= 0.3 is 0 Å². The lowest BCUT2D eigenvalue weighted by Crippen LogP contribution is -2.52. The Kier molecular flexibility index (Phi) is 11.4. The Hall–Kier alpha value is -1.42. The molecule has 9 heteroatoms. The molecule has 1 amide bonds. The normalized spacial score (nSPS) is 20.2. The van der Waals surface area contributed by atoms with E-state index in [2.05, 4.69) is 39.3 Å². The van der Waals surface area contributed by atoms with Crippen LogP contribution in [0.2, 0.25) is 0 Å². The van der Waals surface area contributed by atoms with Crippen LogP contribution in [0, 0.1) is 5.92 Å². The third-order valence-corrected chi connectivity index (χ3v) is 5.68. The number of nitrogens with zero attached hydrogens (tertiary/aromatic N) is 4. The summed E-state index contributed by atoms with van der Waals surface area (Å²) < 4.78 is 10.9. The van der Waals surface area contributed by atoms with Gasteiger partial charge in [0.1, 0.15) is 6.54 Å². The zero-order valence-corrected chi connectivity index (χ0v) is 19.4. The van der Waals surface area contributed by atoms with Gasteiger partial charge < -0.3 is 25.0 Å². The maximum absolute atomic E-state index is 12.0. The lowest BCUT2D eigenvalue weighted by Gasteiger charge is -2.37. The first-order valence-electron chi connectivity index (χ1n) is 11.3.